The lowest BCUT2D eigenvalue weighted by molar-refractivity contribution is -0.122. The summed E-state index contributed by atoms with van der Waals surface area (Å²) in [5, 5.41) is 0. The van der Waals surface area contributed by atoms with Crippen molar-refractivity contribution in [3.8, 4) is 17.2 Å². The molecule has 1 saturated heterocycles. The van der Waals surface area contributed by atoms with Gasteiger partial charge in [-0.05, 0) is 48.4 Å². The molecule has 1 aliphatic rings. The maximum Gasteiger partial charge on any atom is 0.266 e. The van der Waals surface area contributed by atoms with Gasteiger partial charge in [0.2, 0.25) is 0 Å². The normalized spacial score (nSPS) is 15.2. The number of nitrogens with zero attached hydrogens (tertiary/aromatic N) is 1. The number of carbonyl (C=O) groups excluding carboxylic acids is 1. The van der Waals surface area contributed by atoms with Crippen LogP contribution in [0.1, 0.15) is 18.1 Å². The number of hydrogen-bond donors (Lipinski definition) is 0. The molecule has 0 spiro atoms. The van der Waals surface area contributed by atoms with Gasteiger partial charge in [-0.1, -0.05) is 42.2 Å². The Balaban J connectivity index is 1.78. The average Bonchev–Trinajstić information content (AvgIpc) is 2.97. The molecule has 7 heteroatoms. The van der Waals surface area contributed by atoms with E-state index in [4.69, 9.17) is 26.4 Å². The molecule has 5 nitrogen and oxygen atoms in total. The van der Waals surface area contributed by atoms with Gasteiger partial charge in [-0.3, -0.25) is 9.69 Å². The summed E-state index contributed by atoms with van der Waals surface area (Å²) in [6.07, 6.45) is 1.82. The van der Waals surface area contributed by atoms with E-state index in [0.29, 0.717) is 33.9 Å². The molecule has 1 fully saturated rings. The van der Waals surface area contributed by atoms with Crippen molar-refractivity contribution in [1.82, 2.24) is 4.90 Å². The van der Waals surface area contributed by atoms with Crippen molar-refractivity contribution in [3.63, 3.8) is 0 Å². The van der Waals surface area contributed by atoms with E-state index in [1.54, 1.807) is 19.1 Å². The van der Waals surface area contributed by atoms with Crippen molar-refractivity contribution < 1.29 is 19.0 Å². The highest BCUT2D eigenvalue weighted by atomic mass is 32.2. The minimum absolute atomic E-state index is 0.0985. The Hall–Kier alpha value is -2.51. The van der Waals surface area contributed by atoms with Crippen molar-refractivity contribution >= 4 is 40.3 Å². The van der Waals surface area contributed by atoms with Crippen LogP contribution in [-0.2, 0) is 11.3 Å². The van der Waals surface area contributed by atoms with Crippen LogP contribution in [0, 0.1) is 0 Å². The standard InChI is InChI=1S/C21H21NO4S2/c1-4-26-17-10-7-15(11-18(17)25-3)12-19-20(23)22(21(27)28-19)13-14-5-8-16(24-2)9-6-14/h5-12H,4,13H2,1-3H3. The molecular formula is C21H21NO4S2. The molecule has 0 radical (unpaired) electrons. The van der Waals surface area contributed by atoms with Crippen LogP contribution in [0.5, 0.6) is 17.2 Å². The van der Waals surface area contributed by atoms with Crippen LogP contribution in [0.25, 0.3) is 6.08 Å². The lowest BCUT2D eigenvalue weighted by Crippen LogP contribution is -2.27. The van der Waals surface area contributed by atoms with Crippen LogP contribution in [0.2, 0.25) is 0 Å². The molecule has 3 rings (SSSR count). The second-order valence-electron chi connectivity index (χ2n) is 5.96. The Bertz CT molecular complexity index is 909. The van der Waals surface area contributed by atoms with E-state index >= 15 is 0 Å². The summed E-state index contributed by atoms with van der Waals surface area (Å²) in [4.78, 5) is 15.0. The van der Waals surface area contributed by atoms with Gasteiger partial charge in [0.05, 0.1) is 32.3 Å². The highest BCUT2D eigenvalue weighted by molar-refractivity contribution is 8.26. The molecule has 2 aromatic rings. The molecule has 1 heterocycles. The molecular weight excluding hydrogens is 394 g/mol. The summed E-state index contributed by atoms with van der Waals surface area (Å²) in [7, 11) is 3.22. The molecule has 28 heavy (non-hydrogen) atoms. The Kier molecular flexibility index (Phi) is 6.59. The number of methoxy groups -OCH3 is 2. The van der Waals surface area contributed by atoms with Crippen LogP contribution in [0.15, 0.2) is 47.4 Å². The number of carbonyl (C=O) groups is 1. The summed E-state index contributed by atoms with van der Waals surface area (Å²) in [6, 6.07) is 13.2. The van der Waals surface area contributed by atoms with Gasteiger partial charge in [-0.15, -0.1) is 0 Å². The lowest BCUT2D eigenvalue weighted by atomic mass is 10.1. The third kappa shape index (κ3) is 4.48. The van der Waals surface area contributed by atoms with Gasteiger partial charge in [0, 0.05) is 0 Å². The van der Waals surface area contributed by atoms with Gasteiger partial charge in [-0.25, -0.2) is 0 Å². The van der Waals surface area contributed by atoms with Crippen molar-refractivity contribution in [2.45, 2.75) is 13.5 Å². The van der Waals surface area contributed by atoms with E-state index in [-0.39, 0.29) is 5.91 Å². The van der Waals surface area contributed by atoms with E-state index in [1.165, 1.54) is 11.8 Å². The summed E-state index contributed by atoms with van der Waals surface area (Å²) >= 11 is 6.72. The Morgan fingerprint density at radius 2 is 1.82 bits per heavy atom. The fourth-order valence-electron chi connectivity index (χ4n) is 2.75. The maximum atomic E-state index is 12.8. The number of rotatable bonds is 7. The molecule has 0 aromatic heterocycles. The quantitative estimate of drug-likeness (QED) is 0.490. The first-order chi connectivity index (χ1) is 13.5. The fourth-order valence-corrected chi connectivity index (χ4v) is 4.00. The predicted molar refractivity (Wildman–Crippen MR) is 116 cm³/mol. The zero-order valence-electron chi connectivity index (χ0n) is 15.9. The van der Waals surface area contributed by atoms with Crippen molar-refractivity contribution in [3.05, 3.63) is 58.5 Å². The fraction of sp³-hybridized carbons (Fsp3) is 0.238. The number of amides is 1. The minimum Gasteiger partial charge on any atom is -0.497 e. The smallest absolute Gasteiger partial charge is 0.266 e. The third-order valence-electron chi connectivity index (χ3n) is 4.16. The molecule has 0 unspecified atom stereocenters. The van der Waals surface area contributed by atoms with Crippen LogP contribution in [0.3, 0.4) is 0 Å². The average molecular weight is 416 g/mol. The van der Waals surface area contributed by atoms with Crippen molar-refractivity contribution in [2.24, 2.45) is 0 Å². The number of thiocarbonyl (C=S) groups is 1. The largest absolute Gasteiger partial charge is 0.497 e. The first kappa shape index (κ1) is 20.2. The third-order valence-corrected chi connectivity index (χ3v) is 5.54. The molecule has 1 amide bonds. The van der Waals surface area contributed by atoms with Gasteiger partial charge in [-0.2, -0.15) is 0 Å². The molecule has 1 aliphatic heterocycles. The zero-order chi connectivity index (χ0) is 20.1. The maximum absolute atomic E-state index is 12.8. The van der Waals surface area contributed by atoms with E-state index in [0.717, 1.165) is 16.9 Å². The summed E-state index contributed by atoms with van der Waals surface area (Å²) in [6.45, 7) is 2.90. The van der Waals surface area contributed by atoms with Gasteiger partial charge < -0.3 is 14.2 Å². The first-order valence-corrected chi connectivity index (χ1v) is 9.97. The number of hydrogen-bond acceptors (Lipinski definition) is 6. The van der Waals surface area contributed by atoms with Gasteiger partial charge in [0.15, 0.2) is 11.5 Å². The second-order valence-corrected chi connectivity index (χ2v) is 7.64. The van der Waals surface area contributed by atoms with Gasteiger partial charge in [0.25, 0.3) is 5.91 Å². The topological polar surface area (TPSA) is 48.0 Å². The molecule has 0 saturated carbocycles. The number of ether oxygens (including phenoxy) is 3. The molecule has 0 atom stereocenters. The van der Waals surface area contributed by atoms with Crippen LogP contribution in [-0.4, -0.2) is 36.0 Å². The van der Waals surface area contributed by atoms with E-state index in [9.17, 15) is 4.79 Å². The molecule has 0 bridgehead atoms. The highest BCUT2D eigenvalue weighted by Crippen LogP contribution is 2.35. The highest BCUT2D eigenvalue weighted by Gasteiger charge is 2.32. The number of benzene rings is 2. The summed E-state index contributed by atoms with van der Waals surface area (Å²) < 4.78 is 16.6. The van der Waals surface area contributed by atoms with Crippen LogP contribution < -0.4 is 14.2 Å². The summed E-state index contributed by atoms with van der Waals surface area (Å²) in [5.41, 5.74) is 1.84. The van der Waals surface area contributed by atoms with E-state index in [1.807, 2.05) is 55.5 Å². The van der Waals surface area contributed by atoms with E-state index in [2.05, 4.69) is 0 Å². The van der Waals surface area contributed by atoms with Gasteiger partial charge >= 0.3 is 0 Å². The van der Waals surface area contributed by atoms with E-state index < -0.39 is 0 Å². The summed E-state index contributed by atoms with van der Waals surface area (Å²) in [5.74, 6) is 1.98. The molecule has 0 aliphatic carbocycles. The minimum atomic E-state index is -0.0985. The number of thioether (sulfide) groups is 1. The van der Waals surface area contributed by atoms with Gasteiger partial charge in [0.1, 0.15) is 10.1 Å². The zero-order valence-corrected chi connectivity index (χ0v) is 17.6. The Labute approximate surface area is 174 Å². The lowest BCUT2D eigenvalue weighted by Gasteiger charge is -2.14. The van der Waals surface area contributed by atoms with Crippen molar-refractivity contribution in [2.75, 3.05) is 20.8 Å². The molecule has 146 valence electrons. The van der Waals surface area contributed by atoms with Crippen LogP contribution in [0.4, 0.5) is 0 Å². The Morgan fingerprint density at radius 3 is 2.46 bits per heavy atom. The van der Waals surface area contributed by atoms with Crippen LogP contribution >= 0.6 is 24.0 Å². The Morgan fingerprint density at radius 1 is 1.07 bits per heavy atom. The molecule has 0 N–H and O–H groups in total. The molecule has 2 aromatic carbocycles. The monoisotopic (exact) mass is 415 g/mol. The predicted octanol–water partition coefficient (Wildman–Crippen LogP) is 4.50. The first-order valence-electron chi connectivity index (χ1n) is 8.74. The van der Waals surface area contributed by atoms with Crippen molar-refractivity contribution in [1.29, 1.82) is 0 Å². The SMILES string of the molecule is CCOc1ccc(C=C2SC(=S)N(Cc3ccc(OC)cc3)C2=O)cc1OC. The second kappa shape index (κ2) is 9.12.